The minimum Gasteiger partial charge on any atom is -0.466 e. The first kappa shape index (κ1) is 10.7. The Morgan fingerprint density at radius 2 is 2.00 bits per heavy atom. The van der Waals surface area contributed by atoms with Crippen LogP contribution in [0.25, 0.3) is 0 Å². The minimum atomic E-state index is -0.555. The van der Waals surface area contributed by atoms with Gasteiger partial charge in [0.05, 0.1) is 13.7 Å². The van der Waals surface area contributed by atoms with E-state index in [0.717, 1.165) is 6.08 Å². The first-order valence-electron chi connectivity index (χ1n) is 3.55. The van der Waals surface area contributed by atoms with E-state index in [9.17, 15) is 9.59 Å². The Morgan fingerprint density at radius 1 is 1.42 bits per heavy atom. The van der Waals surface area contributed by atoms with Crippen LogP contribution in [-0.4, -0.2) is 25.7 Å². The molecule has 4 nitrogen and oxygen atoms in total. The molecule has 0 saturated heterocycles. The molecule has 4 heteroatoms. The molecule has 0 aromatic carbocycles. The highest BCUT2D eigenvalue weighted by Crippen LogP contribution is 1.96. The van der Waals surface area contributed by atoms with E-state index in [4.69, 9.17) is 0 Å². The van der Waals surface area contributed by atoms with Crippen molar-refractivity contribution >= 4 is 11.9 Å². The van der Waals surface area contributed by atoms with E-state index >= 15 is 0 Å². The Bertz CT molecular complexity index is 205. The molecule has 0 unspecified atom stereocenters. The predicted octanol–water partition coefficient (Wildman–Crippen LogP) is 0.669. The second-order valence-corrected chi connectivity index (χ2v) is 2.07. The molecule has 0 amide bonds. The number of hydrogen-bond donors (Lipinski definition) is 0. The summed E-state index contributed by atoms with van der Waals surface area (Å²) in [6.45, 7) is 3.49. The van der Waals surface area contributed by atoms with Gasteiger partial charge in [-0.2, -0.15) is 0 Å². The van der Waals surface area contributed by atoms with Crippen molar-refractivity contribution in [1.29, 1.82) is 0 Å². The van der Waals surface area contributed by atoms with Crippen LogP contribution in [0.3, 0.4) is 0 Å². The number of hydrogen-bond acceptors (Lipinski definition) is 4. The zero-order valence-corrected chi connectivity index (χ0v) is 7.42. The summed E-state index contributed by atoms with van der Waals surface area (Å²) < 4.78 is 8.96. The van der Waals surface area contributed by atoms with Crippen LogP contribution in [-0.2, 0) is 19.1 Å². The Hall–Kier alpha value is -1.32. The Labute approximate surface area is 71.2 Å². The van der Waals surface area contributed by atoms with Crippen molar-refractivity contribution in [3.05, 3.63) is 11.6 Å². The summed E-state index contributed by atoms with van der Waals surface area (Å²) in [6.07, 6.45) is 1.10. The quantitative estimate of drug-likeness (QED) is 0.463. The highest BCUT2D eigenvalue weighted by molar-refractivity contribution is 5.95. The fourth-order valence-electron chi connectivity index (χ4n) is 0.540. The molecule has 0 spiro atoms. The third-order valence-electron chi connectivity index (χ3n) is 1.13. The van der Waals surface area contributed by atoms with Gasteiger partial charge < -0.3 is 9.47 Å². The van der Waals surface area contributed by atoms with Crippen molar-refractivity contribution < 1.29 is 19.1 Å². The standard InChI is InChI=1S/C8H12O4/c1-4-12-8(10)6(2)5-7(9)11-3/h5H,4H2,1-3H3. The van der Waals surface area contributed by atoms with Gasteiger partial charge in [-0.1, -0.05) is 0 Å². The average molecular weight is 172 g/mol. The van der Waals surface area contributed by atoms with Crippen LogP contribution >= 0.6 is 0 Å². The lowest BCUT2D eigenvalue weighted by Crippen LogP contribution is -2.07. The van der Waals surface area contributed by atoms with Crippen LogP contribution in [0.2, 0.25) is 0 Å². The molecule has 0 bridgehead atoms. The van der Waals surface area contributed by atoms with Crippen LogP contribution in [0.4, 0.5) is 0 Å². The van der Waals surface area contributed by atoms with Crippen molar-refractivity contribution in [2.24, 2.45) is 0 Å². The zero-order valence-electron chi connectivity index (χ0n) is 7.42. The molecule has 0 aliphatic carbocycles. The number of rotatable bonds is 3. The summed E-state index contributed by atoms with van der Waals surface area (Å²) in [6, 6.07) is 0. The maximum absolute atomic E-state index is 10.9. The van der Waals surface area contributed by atoms with Crippen molar-refractivity contribution in [3.63, 3.8) is 0 Å². The van der Waals surface area contributed by atoms with Gasteiger partial charge in [-0.25, -0.2) is 9.59 Å². The van der Waals surface area contributed by atoms with Crippen LogP contribution in [0.5, 0.6) is 0 Å². The number of carbonyl (C=O) groups is 2. The number of carbonyl (C=O) groups excluding carboxylic acids is 2. The number of esters is 2. The monoisotopic (exact) mass is 172 g/mol. The lowest BCUT2D eigenvalue weighted by molar-refractivity contribution is -0.140. The summed E-state index contributed by atoms with van der Waals surface area (Å²) in [7, 11) is 1.25. The summed E-state index contributed by atoms with van der Waals surface area (Å²) in [5.41, 5.74) is 0.240. The summed E-state index contributed by atoms with van der Waals surface area (Å²) >= 11 is 0. The molecular formula is C8H12O4. The van der Waals surface area contributed by atoms with E-state index in [1.807, 2.05) is 0 Å². The van der Waals surface area contributed by atoms with Crippen molar-refractivity contribution in [2.75, 3.05) is 13.7 Å². The van der Waals surface area contributed by atoms with Crippen molar-refractivity contribution in [3.8, 4) is 0 Å². The van der Waals surface area contributed by atoms with Gasteiger partial charge in [0.25, 0.3) is 0 Å². The molecule has 0 N–H and O–H groups in total. The summed E-state index contributed by atoms with van der Waals surface area (Å²) in [5, 5.41) is 0. The average Bonchev–Trinajstić information content (AvgIpc) is 2.04. The van der Waals surface area contributed by atoms with E-state index in [1.165, 1.54) is 14.0 Å². The highest BCUT2D eigenvalue weighted by Gasteiger charge is 2.06. The fourth-order valence-corrected chi connectivity index (χ4v) is 0.540. The molecule has 0 atom stereocenters. The SMILES string of the molecule is CCOC(=O)C(C)=CC(=O)OC. The Balaban J connectivity index is 4.17. The smallest absolute Gasteiger partial charge is 0.333 e. The van der Waals surface area contributed by atoms with E-state index in [1.54, 1.807) is 6.92 Å². The van der Waals surface area contributed by atoms with E-state index in [-0.39, 0.29) is 5.57 Å². The van der Waals surface area contributed by atoms with Gasteiger partial charge in [-0.05, 0) is 13.8 Å². The molecule has 0 aliphatic heterocycles. The van der Waals surface area contributed by atoms with Gasteiger partial charge in [0, 0.05) is 11.6 Å². The number of methoxy groups -OCH3 is 1. The van der Waals surface area contributed by atoms with E-state index < -0.39 is 11.9 Å². The molecule has 12 heavy (non-hydrogen) atoms. The van der Waals surface area contributed by atoms with Gasteiger partial charge >= 0.3 is 11.9 Å². The second kappa shape index (κ2) is 5.35. The third kappa shape index (κ3) is 3.75. The van der Waals surface area contributed by atoms with Crippen LogP contribution in [0, 0.1) is 0 Å². The normalized spacial score (nSPS) is 10.8. The minimum absolute atomic E-state index is 0.240. The van der Waals surface area contributed by atoms with Gasteiger partial charge in [0.15, 0.2) is 0 Å². The molecule has 0 aromatic heterocycles. The molecule has 0 aliphatic rings. The summed E-state index contributed by atoms with van der Waals surface area (Å²) in [4.78, 5) is 21.5. The first-order chi connectivity index (χ1) is 5.61. The lowest BCUT2D eigenvalue weighted by Gasteiger charge is -1.99. The third-order valence-corrected chi connectivity index (χ3v) is 1.13. The molecule has 0 heterocycles. The van der Waals surface area contributed by atoms with Gasteiger partial charge in [0.1, 0.15) is 0 Å². The second-order valence-electron chi connectivity index (χ2n) is 2.07. The molecule has 0 aromatic rings. The molecular weight excluding hydrogens is 160 g/mol. The Morgan fingerprint density at radius 3 is 2.42 bits per heavy atom. The first-order valence-corrected chi connectivity index (χ1v) is 3.55. The van der Waals surface area contributed by atoms with Crippen molar-refractivity contribution in [2.45, 2.75) is 13.8 Å². The molecule has 0 radical (unpaired) electrons. The predicted molar refractivity (Wildman–Crippen MR) is 42.4 cm³/mol. The van der Waals surface area contributed by atoms with Gasteiger partial charge in [-0.3, -0.25) is 0 Å². The van der Waals surface area contributed by atoms with Crippen LogP contribution in [0.1, 0.15) is 13.8 Å². The maximum Gasteiger partial charge on any atom is 0.333 e. The molecule has 0 rings (SSSR count). The maximum atomic E-state index is 10.9. The fraction of sp³-hybridized carbons (Fsp3) is 0.500. The largest absolute Gasteiger partial charge is 0.466 e. The molecule has 0 fully saturated rings. The topological polar surface area (TPSA) is 52.6 Å². The lowest BCUT2D eigenvalue weighted by atomic mass is 10.3. The van der Waals surface area contributed by atoms with Crippen LogP contribution < -0.4 is 0 Å². The van der Waals surface area contributed by atoms with E-state index in [0.29, 0.717) is 6.61 Å². The molecule has 68 valence electrons. The van der Waals surface area contributed by atoms with Gasteiger partial charge in [0.2, 0.25) is 0 Å². The summed E-state index contributed by atoms with van der Waals surface area (Å²) in [5.74, 6) is -1.05. The highest BCUT2D eigenvalue weighted by atomic mass is 16.5. The Kier molecular flexibility index (Phi) is 4.76. The van der Waals surface area contributed by atoms with Crippen molar-refractivity contribution in [1.82, 2.24) is 0 Å². The molecule has 0 saturated carbocycles. The van der Waals surface area contributed by atoms with Crippen LogP contribution in [0.15, 0.2) is 11.6 Å². The van der Waals surface area contributed by atoms with E-state index in [2.05, 4.69) is 9.47 Å². The number of ether oxygens (including phenoxy) is 2. The van der Waals surface area contributed by atoms with Gasteiger partial charge in [-0.15, -0.1) is 0 Å². The zero-order chi connectivity index (χ0) is 9.56.